The van der Waals surface area contributed by atoms with E-state index in [2.05, 4.69) is 21.9 Å². The Bertz CT molecular complexity index is 950. The topological polar surface area (TPSA) is 72.6 Å². The van der Waals surface area contributed by atoms with Gasteiger partial charge < -0.3 is 14.2 Å². The van der Waals surface area contributed by atoms with E-state index < -0.39 is 0 Å². The average molecular weight is 444 g/mol. The van der Waals surface area contributed by atoms with Gasteiger partial charge in [-0.05, 0) is 56.4 Å². The predicted octanol–water partition coefficient (Wildman–Crippen LogP) is 2.84. The number of urea groups is 1. The maximum absolute atomic E-state index is 12.6. The van der Waals surface area contributed by atoms with Gasteiger partial charge in [-0.3, -0.25) is 9.69 Å². The van der Waals surface area contributed by atoms with Gasteiger partial charge in [-0.25, -0.2) is 9.80 Å². The lowest BCUT2D eigenvalue weighted by Gasteiger charge is -2.32. The molecule has 164 valence electrons. The van der Waals surface area contributed by atoms with Crippen molar-refractivity contribution in [1.29, 1.82) is 0 Å². The van der Waals surface area contributed by atoms with E-state index in [0.29, 0.717) is 23.1 Å². The number of carbonyl (C=O) groups excluding carboxylic acids is 2. The molecule has 1 aromatic heterocycles. The largest absolute Gasteiger partial charge is 0.455 e. The van der Waals surface area contributed by atoms with E-state index >= 15 is 0 Å². The minimum absolute atomic E-state index is 0.0470. The van der Waals surface area contributed by atoms with Crippen LogP contribution in [0.25, 0.3) is 11.3 Å². The van der Waals surface area contributed by atoms with Crippen molar-refractivity contribution < 1.29 is 14.0 Å². The third-order valence-electron chi connectivity index (χ3n) is 5.57. The Morgan fingerprint density at radius 1 is 1.03 bits per heavy atom. The molecule has 8 nitrogen and oxygen atoms in total. The number of amides is 3. The van der Waals surface area contributed by atoms with Crippen LogP contribution in [0.3, 0.4) is 0 Å². The number of hydrogen-bond donors (Lipinski definition) is 0. The Morgan fingerprint density at radius 3 is 2.52 bits per heavy atom. The zero-order valence-electron chi connectivity index (χ0n) is 17.5. The van der Waals surface area contributed by atoms with E-state index in [1.807, 2.05) is 18.2 Å². The highest BCUT2D eigenvalue weighted by atomic mass is 35.5. The van der Waals surface area contributed by atoms with Crippen molar-refractivity contribution in [3.05, 3.63) is 47.2 Å². The lowest BCUT2D eigenvalue weighted by atomic mass is 10.2. The van der Waals surface area contributed by atoms with Crippen molar-refractivity contribution in [2.45, 2.75) is 6.42 Å². The fraction of sp³-hybridized carbons (Fsp3) is 0.409. The van der Waals surface area contributed by atoms with Crippen LogP contribution in [0.2, 0.25) is 5.02 Å². The smallest absolute Gasteiger partial charge is 0.347 e. The first-order chi connectivity index (χ1) is 15.0. The highest BCUT2D eigenvalue weighted by Gasteiger charge is 2.35. The summed E-state index contributed by atoms with van der Waals surface area (Å²) >= 11 is 5.92. The molecule has 0 aliphatic carbocycles. The quantitative estimate of drug-likeness (QED) is 0.486. The Hall–Kier alpha value is -2.68. The Labute approximate surface area is 186 Å². The van der Waals surface area contributed by atoms with E-state index in [4.69, 9.17) is 16.0 Å². The van der Waals surface area contributed by atoms with Crippen molar-refractivity contribution in [2.75, 3.05) is 52.9 Å². The summed E-state index contributed by atoms with van der Waals surface area (Å²) in [6.07, 6.45) is 2.22. The van der Waals surface area contributed by atoms with E-state index in [9.17, 15) is 9.59 Å². The maximum Gasteiger partial charge on any atom is 0.347 e. The number of benzene rings is 1. The van der Waals surface area contributed by atoms with E-state index in [0.717, 1.165) is 44.7 Å². The molecule has 3 amide bonds. The van der Waals surface area contributed by atoms with Crippen LogP contribution in [0.1, 0.15) is 12.2 Å². The van der Waals surface area contributed by atoms with Gasteiger partial charge in [0, 0.05) is 43.3 Å². The molecule has 2 saturated heterocycles. The maximum atomic E-state index is 12.6. The summed E-state index contributed by atoms with van der Waals surface area (Å²) in [7, 11) is 2.12. The minimum Gasteiger partial charge on any atom is -0.455 e. The molecule has 0 unspecified atom stereocenters. The van der Waals surface area contributed by atoms with Crippen LogP contribution in [0.5, 0.6) is 0 Å². The van der Waals surface area contributed by atoms with Gasteiger partial charge in [0.1, 0.15) is 18.1 Å². The molecule has 3 heterocycles. The van der Waals surface area contributed by atoms with E-state index in [-0.39, 0.29) is 18.5 Å². The fourth-order valence-corrected chi connectivity index (χ4v) is 3.81. The van der Waals surface area contributed by atoms with Crippen LogP contribution in [0, 0.1) is 0 Å². The number of imide groups is 1. The van der Waals surface area contributed by atoms with Crippen LogP contribution in [0.15, 0.2) is 45.9 Å². The second-order valence-corrected chi connectivity index (χ2v) is 8.27. The number of furan rings is 1. The molecule has 0 spiro atoms. The zero-order valence-corrected chi connectivity index (χ0v) is 18.3. The van der Waals surface area contributed by atoms with Crippen molar-refractivity contribution in [2.24, 2.45) is 5.10 Å². The number of carbonyl (C=O) groups is 2. The second-order valence-electron chi connectivity index (χ2n) is 7.84. The van der Waals surface area contributed by atoms with Gasteiger partial charge in [-0.2, -0.15) is 5.10 Å². The summed E-state index contributed by atoms with van der Waals surface area (Å²) in [5, 5.41) is 6.01. The summed E-state index contributed by atoms with van der Waals surface area (Å²) in [6, 6.07) is 10.5. The van der Waals surface area contributed by atoms with Crippen LogP contribution >= 0.6 is 11.6 Å². The van der Waals surface area contributed by atoms with Crippen molar-refractivity contribution in [3.63, 3.8) is 0 Å². The minimum atomic E-state index is -0.385. The van der Waals surface area contributed by atoms with Crippen LogP contribution in [-0.2, 0) is 4.79 Å². The predicted molar refractivity (Wildman–Crippen MR) is 119 cm³/mol. The molecule has 2 aliphatic rings. The summed E-state index contributed by atoms with van der Waals surface area (Å²) in [4.78, 5) is 30.8. The Morgan fingerprint density at radius 2 is 1.77 bits per heavy atom. The highest BCUT2D eigenvalue weighted by Crippen LogP contribution is 2.23. The lowest BCUT2D eigenvalue weighted by Crippen LogP contribution is -2.45. The number of nitrogens with zero attached hydrogens (tertiary/aromatic N) is 5. The van der Waals surface area contributed by atoms with Gasteiger partial charge in [-0.1, -0.05) is 11.6 Å². The first kappa shape index (κ1) is 21.5. The number of hydrazone groups is 1. The molecular weight excluding hydrogens is 418 g/mol. The molecular formula is C22H26ClN5O3. The zero-order chi connectivity index (χ0) is 21.8. The van der Waals surface area contributed by atoms with Gasteiger partial charge in [-0.15, -0.1) is 0 Å². The van der Waals surface area contributed by atoms with Gasteiger partial charge in [0.2, 0.25) is 0 Å². The molecule has 1 aromatic carbocycles. The second kappa shape index (κ2) is 9.64. The lowest BCUT2D eigenvalue weighted by molar-refractivity contribution is -0.125. The third kappa shape index (κ3) is 5.33. The Balaban J connectivity index is 1.29. The van der Waals surface area contributed by atoms with Crippen molar-refractivity contribution in [1.82, 2.24) is 19.7 Å². The van der Waals surface area contributed by atoms with Gasteiger partial charge in [0.15, 0.2) is 0 Å². The fourth-order valence-electron chi connectivity index (χ4n) is 3.68. The summed E-state index contributed by atoms with van der Waals surface area (Å²) in [5.74, 6) is 0.952. The third-order valence-corrected chi connectivity index (χ3v) is 5.82. The standard InChI is InChI=1S/C22H26ClN5O3/c1-25-11-13-26(14-12-25)9-2-10-27-21(29)16-28(22(27)30)24-15-19-7-8-20(31-19)17-3-5-18(23)6-4-17/h3-8,15H,2,9-14,16H2,1H3. The number of likely N-dealkylation sites (N-methyl/N-ethyl adjacent to an activating group) is 1. The molecule has 2 aromatic rings. The van der Waals surface area contributed by atoms with Gasteiger partial charge in [0.25, 0.3) is 5.91 Å². The molecule has 0 radical (unpaired) electrons. The Kier molecular flexibility index (Phi) is 6.70. The average Bonchev–Trinajstić information content (AvgIpc) is 3.34. The van der Waals surface area contributed by atoms with Crippen molar-refractivity contribution in [3.8, 4) is 11.3 Å². The number of piperazine rings is 1. The number of rotatable bonds is 7. The molecule has 9 heteroatoms. The van der Waals surface area contributed by atoms with Crippen LogP contribution in [0.4, 0.5) is 4.79 Å². The molecule has 2 fully saturated rings. The normalized spacial score (nSPS) is 18.6. The molecule has 0 saturated carbocycles. The highest BCUT2D eigenvalue weighted by molar-refractivity contribution is 6.30. The van der Waals surface area contributed by atoms with E-state index in [1.165, 1.54) is 16.1 Å². The molecule has 2 aliphatic heterocycles. The number of hydrogen-bond acceptors (Lipinski definition) is 6. The van der Waals surface area contributed by atoms with Crippen molar-refractivity contribution >= 4 is 29.8 Å². The van der Waals surface area contributed by atoms with Crippen LogP contribution < -0.4 is 0 Å². The number of halogens is 1. The molecule has 0 bridgehead atoms. The van der Waals surface area contributed by atoms with Gasteiger partial charge >= 0.3 is 6.03 Å². The van der Waals surface area contributed by atoms with E-state index in [1.54, 1.807) is 18.2 Å². The SMILES string of the molecule is CN1CCN(CCCN2C(=O)CN(N=Cc3ccc(-c4ccc(Cl)cc4)o3)C2=O)CC1. The first-order valence-electron chi connectivity index (χ1n) is 10.4. The summed E-state index contributed by atoms with van der Waals surface area (Å²) in [5.41, 5.74) is 0.892. The molecule has 0 atom stereocenters. The van der Waals surface area contributed by atoms with Crippen LogP contribution in [-0.4, -0.2) is 90.7 Å². The molecule has 0 N–H and O–H groups in total. The summed E-state index contributed by atoms with van der Waals surface area (Å²) < 4.78 is 5.76. The molecule has 31 heavy (non-hydrogen) atoms. The first-order valence-corrected chi connectivity index (χ1v) is 10.8. The van der Waals surface area contributed by atoms with Gasteiger partial charge in [0.05, 0.1) is 6.21 Å². The monoisotopic (exact) mass is 443 g/mol. The molecule has 4 rings (SSSR count). The summed E-state index contributed by atoms with van der Waals surface area (Å²) in [6.45, 7) is 5.40.